The van der Waals surface area contributed by atoms with Gasteiger partial charge in [0.05, 0.1) is 13.2 Å². The summed E-state index contributed by atoms with van der Waals surface area (Å²) in [6.07, 6.45) is 9.77. The summed E-state index contributed by atoms with van der Waals surface area (Å²) in [5, 5.41) is 3.55. The van der Waals surface area contributed by atoms with Crippen molar-refractivity contribution in [3.05, 3.63) is 0 Å². The zero-order chi connectivity index (χ0) is 11.7. The van der Waals surface area contributed by atoms with E-state index in [2.05, 4.69) is 19.2 Å². The lowest BCUT2D eigenvalue weighted by molar-refractivity contribution is -0.0989. The van der Waals surface area contributed by atoms with E-state index < -0.39 is 0 Å². The van der Waals surface area contributed by atoms with Gasteiger partial charge in [0.1, 0.15) is 0 Å². The lowest BCUT2D eigenvalue weighted by atomic mass is 9.89. The average molecular weight is 227 g/mol. The molecular weight excluding hydrogens is 198 g/mol. The first-order chi connectivity index (χ1) is 7.77. The minimum Gasteiger partial charge on any atom is -0.380 e. The maximum atomic E-state index is 5.23. The fourth-order valence-corrected chi connectivity index (χ4v) is 2.15. The highest BCUT2D eigenvalue weighted by Gasteiger charge is 2.32. The Morgan fingerprint density at radius 3 is 2.19 bits per heavy atom. The van der Waals surface area contributed by atoms with Crippen LogP contribution in [-0.2, 0) is 4.74 Å². The van der Waals surface area contributed by atoms with Gasteiger partial charge in [-0.2, -0.15) is 0 Å². The predicted octanol–water partition coefficient (Wildman–Crippen LogP) is 3.36. The molecule has 0 bridgehead atoms. The first-order valence-electron chi connectivity index (χ1n) is 7.05. The molecule has 1 N–H and O–H groups in total. The maximum absolute atomic E-state index is 5.23. The third-order valence-electron chi connectivity index (χ3n) is 3.41. The maximum Gasteiger partial charge on any atom is 0.0554 e. The molecule has 1 aliphatic rings. The summed E-state index contributed by atoms with van der Waals surface area (Å²) in [5.41, 5.74) is 0.432. The number of unbranched alkanes of at least 4 members (excludes halogenated alkanes) is 6. The number of nitrogens with one attached hydrogen (secondary N) is 1. The van der Waals surface area contributed by atoms with Gasteiger partial charge in [-0.05, 0) is 13.0 Å². The minimum absolute atomic E-state index is 0.432. The summed E-state index contributed by atoms with van der Waals surface area (Å²) in [6, 6.07) is 0. The van der Waals surface area contributed by atoms with Crippen LogP contribution >= 0.6 is 0 Å². The highest BCUT2D eigenvalue weighted by Crippen LogP contribution is 2.24. The van der Waals surface area contributed by atoms with Gasteiger partial charge in [0.15, 0.2) is 0 Å². The van der Waals surface area contributed by atoms with E-state index in [4.69, 9.17) is 4.74 Å². The van der Waals surface area contributed by atoms with Crippen molar-refractivity contribution in [3.63, 3.8) is 0 Å². The van der Waals surface area contributed by atoms with Gasteiger partial charge in [0.2, 0.25) is 0 Å². The minimum atomic E-state index is 0.432. The highest BCUT2D eigenvalue weighted by molar-refractivity contribution is 4.82. The van der Waals surface area contributed by atoms with Gasteiger partial charge >= 0.3 is 0 Å². The molecule has 0 aliphatic carbocycles. The second-order valence-electron chi connectivity index (χ2n) is 5.60. The van der Waals surface area contributed by atoms with E-state index in [1.165, 1.54) is 51.5 Å². The van der Waals surface area contributed by atoms with Crippen molar-refractivity contribution in [3.8, 4) is 0 Å². The largest absolute Gasteiger partial charge is 0.380 e. The summed E-state index contributed by atoms with van der Waals surface area (Å²) in [5.74, 6) is 0. The fourth-order valence-electron chi connectivity index (χ4n) is 2.15. The van der Waals surface area contributed by atoms with Gasteiger partial charge < -0.3 is 10.1 Å². The van der Waals surface area contributed by atoms with Crippen LogP contribution in [0.1, 0.15) is 58.8 Å². The van der Waals surface area contributed by atoms with Crippen LogP contribution in [0.5, 0.6) is 0 Å². The molecule has 1 saturated heterocycles. The Bertz CT molecular complexity index is 166. The number of hydrogen-bond donors (Lipinski definition) is 1. The molecule has 1 aliphatic heterocycles. The molecule has 1 rings (SSSR count). The van der Waals surface area contributed by atoms with E-state index >= 15 is 0 Å². The molecule has 0 saturated carbocycles. The summed E-state index contributed by atoms with van der Waals surface area (Å²) in [6.45, 7) is 8.77. The molecule has 2 heteroatoms. The van der Waals surface area contributed by atoms with Gasteiger partial charge in [-0.3, -0.25) is 0 Å². The van der Waals surface area contributed by atoms with Crippen molar-refractivity contribution >= 4 is 0 Å². The van der Waals surface area contributed by atoms with Crippen LogP contribution in [0.4, 0.5) is 0 Å². The van der Waals surface area contributed by atoms with Crippen LogP contribution in [-0.4, -0.2) is 26.3 Å². The van der Waals surface area contributed by atoms with Crippen LogP contribution in [0.15, 0.2) is 0 Å². The Labute approximate surface area is 101 Å². The molecule has 0 radical (unpaired) electrons. The van der Waals surface area contributed by atoms with E-state index in [1.807, 2.05) is 0 Å². The molecule has 16 heavy (non-hydrogen) atoms. The van der Waals surface area contributed by atoms with Crippen LogP contribution < -0.4 is 5.32 Å². The van der Waals surface area contributed by atoms with Crippen LogP contribution in [0, 0.1) is 5.41 Å². The standard InChI is InChI=1S/C14H29NO/c1-3-4-5-6-7-8-9-10-15-11-14(2)12-16-13-14/h15H,3-13H2,1-2H3. The van der Waals surface area contributed by atoms with Crippen molar-refractivity contribution in [1.82, 2.24) is 5.32 Å². The lowest BCUT2D eigenvalue weighted by Crippen LogP contribution is -2.47. The lowest BCUT2D eigenvalue weighted by Gasteiger charge is -2.38. The molecule has 0 aromatic heterocycles. The Kier molecular flexibility index (Phi) is 7.06. The van der Waals surface area contributed by atoms with Crippen molar-refractivity contribution in [2.45, 2.75) is 58.8 Å². The first-order valence-corrected chi connectivity index (χ1v) is 7.05. The van der Waals surface area contributed by atoms with Gasteiger partial charge in [0, 0.05) is 12.0 Å². The number of ether oxygens (including phenoxy) is 1. The zero-order valence-corrected chi connectivity index (χ0v) is 11.2. The van der Waals surface area contributed by atoms with E-state index in [-0.39, 0.29) is 0 Å². The van der Waals surface area contributed by atoms with Gasteiger partial charge in [0.25, 0.3) is 0 Å². The first kappa shape index (κ1) is 14.0. The molecule has 0 unspecified atom stereocenters. The van der Waals surface area contributed by atoms with E-state index in [0.29, 0.717) is 5.41 Å². The monoisotopic (exact) mass is 227 g/mol. The third-order valence-corrected chi connectivity index (χ3v) is 3.41. The SMILES string of the molecule is CCCCCCCCCNCC1(C)COC1. The highest BCUT2D eigenvalue weighted by atomic mass is 16.5. The van der Waals surface area contributed by atoms with Gasteiger partial charge in [-0.25, -0.2) is 0 Å². The Morgan fingerprint density at radius 1 is 1.00 bits per heavy atom. The van der Waals surface area contributed by atoms with Crippen LogP contribution in [0.2, 0.25) is 0 Å². The quantitative estimate of drug-likeness (QED) is 0.578. The van der Waals surface area contributed by atoms with E-state index in [0.717, 1.165) is 19.8 Å². The Morgan fingerprint density at radius 2 is 1.62 bits per heavy atom. The van der Waals surface area contributed by atoms with Crippen molar-refractivity contribution in [2.24, 2.45) is 5.41 Å². The van der Waals surface area contributed by atoms with Crippen molar-refractivity contribution in [1.29, 1.82) is 0 Å². The second kappa shape index (κ2) is 8.08. The zero-order valence-electron chi connectivity index (χ0n) is 11.2. The molecule has 1 heterocycles. The van der Waals surface area contributed by atoms with Crippen LogP contribution in [0.3, 0.4) is 0 Å². The second-order valence-corrected chi connectivity index (χ2v) is 5.60. The fraction of sp³-hybridized carbons (Fsp3) is 1.00. The Hall–Kier alpha value is -0.0800. The van der Waals surface area contributed by atoms with Gasteiger partial charge in [-0.15, -0.1) is 0 Å². The predicted molar refractivity (Wildman–Crippen MR) is 69.8 cm³/mol. The normalized spacial score (nSPS) is 18.4. The van der Waals surface area contributed by atoms with E-state index in [9.17, 15) is 0 Å². The number of rotatable bonds is 10. The van der Waals surface area contributed by atoms with Crippen molar-refractivity contribution < 1.29 is 4.74 Å². The molecule has 2 nitrogen and oxygen atoms in total. The topological polar surface area (TPSA) is 21.3 Å². The summed E-state index contributed by atoms with van der Waals surface area (Å²) >= 11 is 0. The third kappa shape index (κ3) is 5.86. The summed E-state index contributed by atoms with van der Waals surface area (Å²) in [7, 11) is 0. The summed E-state index contributed by atoms with van der Waals surface area (Å²) in [4.78, 5) is 0. The molecule has 1 fully saturated rings. The molecule has 96 valence electrons. The molecular formula is C14H29NO. The van der Waals surface area contributed by atoms with Crippen molar-refractivity contribution in [2.75, 3.05) is 26.3 Å². The Balaban J connectivity index is 1.74. The molecule has 0 atom stereocenters. The molecule has 0 aromatic rings. The van der Waals surface area contributed by atoms with Crippen LogP contribution in [0.25, 0.3) is 0 Å². The number of hydrogen-bond acceptors (Lipinski definition) is 2. The van der Waals surface area contributed by atoms with Gasteiger partial charge in [-0.1, -0.05) is 52.4 Å². The summed E-state index contributed by atoms with van der Waals surface area (Å²) < 4.78 is 5.23. The molecule has 0 spiro atoms. The average Bonchev–Trinajstić information content (AvgIpc) is 2.24. The molecule has 0 aromatic carbocycles. The smallest absolute Gasteiger partial charge is 0.0554 e. The molecule has 0 amide bonds. The van der Waals surface area contributed by atoms with E-state index in [1.54, 1.807) is 0 Å².